The Hall–Kier alpha value is -1.62. The Morgan fingerprint density at radius 2 is 1.95 bits per heavy atom. The standard InChI is InChI=1S/C16H19BrN4/c17-14-4-5-15(20-12-14)19-11-13-6-7-18-16(10-13)21-8-2-1-3-9-21/h4-7,10,12H,1-3,8-9,11H2,(H,19,20). The van der Waals surface area contributed by atoms with Crippen molar-refractivity contribution in [2.75, 3.05) is 23.3 Å². The Bertz CT molecular complexity index is 579. The second-order valence-electron chi connectivity index (χ2n) is 5.29. The van der Waals surface area contributed by atoms with Crippen LogP contribution in [0.25, 0.3) is 0 Å². The molecule has 0 aliphatic carbocycles. The fraction of sp³-hybridized carbons (Fsp3) is 0.375. The molecule has 0 radical (unpaired) electrons. The molecule has 0 saturated carbocycles. The molecule has 0 bridgehead atoms. The van der Waals surface area contributed by atoms with E-state index in [1.54, 1.807) is 6.20 Å². The van der Waals surface area contributed by atoms with Gasteiger partial charge in [-0.2, -0.15) is 0 Å². The van der Waals surface area contributed by atoms with Crippen molar-refractivity contribution >= 4 is 27.6 Å². The average molecular weight is 347 g/mol. The van der Waals surface area contributed by atoms with Crippen LogP contribution in [0.1, 0.15) is 24.8 Å². The first-order valence-electron chi connectivity index (χ1n) is 7.36. The third kappa shape index (κ3) is 3.94. The van der Waals surface area contributed by atoms with E-state index in [0.29, 0.717) is 0 Å². The largest absolute Gasteiger partial charge is 0.366 e. The molecule has 0 atom stereocenters. The minimum atomic E-state index is 0.762. The molecule has 1 aliphatic heterocycles. The first-order valence-corrected chi connectivity index (χ1v) is 8.16. The summed E-state index contributed by atoms with van der Waals surface area (Å²) in [5.74, 6) is 1.98. The number of hydrogen-bond donors (Lipinski definition) is 1. The van der Waals surface area contributed by atoms with E-state index >= 15 is 0 Å². The highest BCUT2D eigenvalue weighted by Gasteiger charge is 2.12. The van der Waals surface area contributed by atoms with Gasteiger partial charge < -0.3 is 10.2 Å². The van der Waals surface area contributed by atoms with Gasteiger partial charge in [-0.1, -0.05) is 0 Å². The van der Waals surface area contributed by atoms with Crippen LogP contribution in [0.15, 0.2) is 41.1 Å². The van der Waals surface area contributed by atoms with E-state index < -0.39 is 0 Å². The van der Waals surface area contributed by atoms with Gasteiger partial charge in [-0.3, -0.25) is 0 Å². The molecular weight excluding hydrogens is 328 g/mol. The summed E-state index contributed by atoms with van der Waals surface area (Å²) in [6, 6.07) is 8.19. The fourth-order valence-corrected chi connectivity index (χ4v) is 2.77. The van der Waals surface area contributed by atoms with Crippen LogP contribution in [-0.2, 0) is 6.54 Å². The van der Waals surface area contributed by atoms with Crippen molar-refractivity contribution in [2.24, 2.45) is 0 Å². The van der Waals surface area contributed by atoms with Crippen molar-refractivity contribution in [2.45, 2.75) is 25.8 Å². The van der Waals surface area contributed by atoms with Gasteiger partial charge in [0.2, 0.25) is 0 Å². The molecule has 1 saturated heterocycles. The van der Waals surface area contributed by atoms with E-state index in [9.17, 15) is 0 Å². The fourth-order valence-electron chi connectivity index (χ4n) is 2.54. The minimum Gasteiger partial charge on any atom is -0.366 e. The third-order valence-corrected chi connectivity index (χ3v) is 4.16. The molecule has 4 nitrogen and oxygen atoms in total. The smallest absolute Gasteiger partial charge is 0.128 e. The molecule has 0 unspecified atom stereocenters. The Morgan fingerprint density at radius 3 is 2.71 bits per heavy atom. The van der Waals surface area contributed by atoms with Crippen LogP contribution in [0.5, 0.6) is 0 Å². The molecule has 2 aromatic rings. The summed E-state index contributed by atoms with van der Waals surface area (Å²) in [5, 5.41) is 3.34. The molecule has 1 N–H and O–H groups in total. The van der Waals surface area contributed by atoms with Gasteiger partial charge in [-0.05, 0) is 65.0 Å². The molecule has 110 valence electrons. The molecule has 3 heterocycles. The topological polar surface area (TPSA) is 41.1 Å². The number of nitrogens with one attached hydrogen (secondary N) is 1. The van der Waals surface area contributed by atoms with Gasteiger partial charge in [-0.25, -0.2) is 9.97 Å². The summed E-state index contributed by atoms with van der Waals surface area (Å²) in [6.45, 7) is 3.01. The molecule has 1 fully saturated rings. The zero-order valence-corrected chi connectivity index (χ0v) is 13.5. The van der Waals surface area contributed by atoms with Crippen LogP contribution in [0.2, 0.25) is 0 Å². The first kappa shape index (κ1) is 14.3. The summed E-state index contributed by atoms with van der Waals surface area (Å²) >= 11 is 3.39. The molecule has 1 aliphatic rings. The highest BCUT2D eigenvalue weighted by atomic mass is 79.9. The zero-order chi connectivity index (χ0) is 14.5. The van der Waals surface area contributed by atoms with Gasteiger partial charge in [0.15, 0.2) is 0 Å². The summed E-state index contributed by atoms with van der Waals surface area (Å²) in [7, 11) is 0. The summed E-state index contributed by atoms with van der Waals surface area (Å²) < 4.78 is 0.990. The second kappa shape index (κ2) is 6.89. The van der Waals surface area contributed by atoms with Gasteiger partial charge in [0, 0.05) is 36.5 Å². The number of rotatable bonds is 4. The molecule has 5 heteroatoms. The number of piperidine rings is 1. The van der Waals surface area contributed by atoms with Crippen LogP contribution in [0, 0.1) is 0 Å². The van der Waals surface area contributed by atoms with Crippen LogP contribution in [0.4, 0.5) is 11.6 Å². The van der Waals surface area contributed by atoms with Gasteiger partial charge in [-0.15, -0.1) is 0 Å². The van der Waals surface area contributed by atoms with Crippen molar-refractivity contribution in [1.82, 2.24) is 9.97 Å². The minimum absolute atomic E-state index is 0.762. The van der Waals surface area contributed by atoms with E-state index in [4.69, 9.17) is 0 Å². The maximum atomic E-state index is 4.51. The van der Waals surface area contributed by atoms with Crippen LogP contribution < -0.4 is 10.2 Å². The van der Waals surface area contributed by atoms with Crippen molar-refractivity contribution in [3.63, 3.8) is 0 Å². The van der Waals surface area contributed by atoms with E-state index in [0.717, 1.165) is 35.7 Å². The first-order chi connectivity index (χ1) is 10.3. The lowest BCUT2D eigenvalue weighted by Gasteiger charge is -2.27. The van der Waals surface area contributed by atoms with E-state index in [1.807, 2.05) is 18.3 Å². The summed E-state index contributed by atoms with van der Waals surface area (Å²) in [6.07, 6.45) is 7.58. The lowest BCUT2D eigenvalue weighted by atomic mass is 10.1. The van der Waals surface area contributed by atoms with E-state index in [2.05, 4.69) is 48.2 Å². The molecule has 0 amide bonds. The van der Waals surface area contributed by atoms with Crippen molar-refractivity contribution in [3.05, 3.63) is 46.7 Å². The number of aromatic nitrogens is 2. The zero-order valence-electron chi connectivity index (χ0n) is 11.9. The molecular formula is C16H19BrN4. The quantitative estimate of drug-likeness (QED) is 0.912. The van der Waals surface area contributed by atoms with Gasteiger partial charge in [0.05, 0.1) is 0 Å². The van der Waals surface area contributed by atoms with Crippen LogP contribution in [0.3, 0.4) is 0 Å². The molecule has 0 spiro atoms. The number of pyridine rings is 2. The van der Waals surface area contributed by atoms with Crippen molar-refractivity contribution in [1.29, 1.82) is 0 Å². The Kier molecular flexibility index (Phi) is 4.70. The van der Waals surface area contributed by atoms with Gasteiger partial charge in [0.25, 0.3) is 0 Å². The summed E-state index contributed by atoms with van der Waals surface area (Å²) in [4.78, 5) is 11.2. The number of nitrogens with zero attached hydrogens (tertiary/aromatic N) is 3. The normalized spacial score (nSPS) is 15.0. The number of halogens is 1. The highest BCUT2D eigenvalue weighted by Crippen LogP contribution is 2.19. The Labute approximate surface area is 133 Å². The maximum Gasteiger partial charge on any atom is 0.128 e. The van der Waals surface area contributed by atoms with Crippen LogP contribution in [-0.4, -0.2) is 23.1 Å². The van der Waals surface area contributed by atoms with Crippen molar-refractivity contribution in [3.8, 4) is 0 Å². The molecule has 0 aromatic carbocycles. The van der Waals surface area contributed by atoms with Gasteiger partial charge >= 0.3 is 0 Å². The van der Waals surface area contributed by atoms with E-state index in [1.165, 1.54) is 24.8 Å². The molecule has 3 rings (SSSR count). The Balaban J connectivity index is 1.64. The Morgan fingerprint density at radius 1 is 1.10 bits per heavy atom. The second-order valence-corrected chi connectivity index (χ2v) is 6.20. The predicted molar refractivity (Wildman–Crippen MR) is 89.6 cm³/mol. The van der Waals surface area contributed by atoms with Crippen molar-refractivity contribution < 1.29 is 0 Å². The molecule has 21 heavy (non-hydrogen) atoms. The predicted octanol–water partition coefficient (Wildman–Crippen LogP) is 3.84. The lowest BCUT2D eigenvalue weighted by molar-refractivity contribution is 0.573. The average Bonchev–Trinajstić information content (AvgIpc) is 2.55. The van der Waals surface area contributed by atoms with Gasteiger partial charge in [0.1, 0.15) is 11.6 Å². The van der Waals surface area contributed by atoms with E-state index in [-0.39, 0.29) is 0 Å². The maximum absolute atomic E-state index is 4.51. The highest BCUT2D eigenvalue weighted by molar-refractivity contribution is 9.10. The monoisotopic (exact) mass is 346 g/mol. The lowest BCUT2D eigenvalue weighted by Crippen LogP contribution is -2.30. The molecule has 2 aromatic heterocycles. The summed E-state index contributed by atoms with van der Waals surface area (Å²) in [5.41, 5.74) is 1.23. The van der Waals surface area contributed by atoms with Crippen LogP contribution >= 0.6 is 15.9 Å². The SMILES string of the molecule is Brc1ccc(NCc2ccnc(N3CCCCC3)c2)nc1. The third-order valence-electron chi connectivity index (χ3n) is 3.69. The number of anilines is 2. The number of hydrogen-bond acceptors (Lipinski definition) is 4.